The van der Waals surface area contributed by atoms with Gasteiger partial charge in [0.05, 0.1) is 46.1 Å². The van der Waals surface area contributed by atoms with Crippen LogP contribution in [0.5, 0.6) is 23.0 Å². The number of fused-ring (bicyclic) bond motifs is 8. The number of amides is 4. The van der Waals surface area contributed by atoms with E-state index in [9.17, 15) is 48.0 Å². The smallest absolute Gasteiger partial charge is 0.352 e. The first-order chi connectivity index (χ1) is 36.6. The fraction of sp³-hybridized carbons (Fsp3) is 0.212. The van der Waals surface area contributed by atoms with Gasteiger partial charge in [-0.15, -0.1) is 34.4 Å². The summed E-state index contributed by atoms with van der Waals surface area (Å²) in [6, 6.07) is 15.9. The zero-order chi connectivity index (χ0) is 53.2. The van der Waals surface area contributed by atoms with E-state index in [0.29, 0.717) is 0 Å². The van der Waals surface area contributed by atoms with E-state index in [1.807, 2.05) is 11.4 Å². The lowest BCUT2D eigenvalue weighted by Gasteiger charge is -2.49. The molecule has 3 aromatic carbocycles. The average Bonchev–Trinajstić information content (AvgIpc) is 4.33. The summed E-state index contributed by atoms with van der Waals surface area (Å²) in [4.78, 5) is 93.8. The number of allylic oxidation sites excluding steroid dienone is 2. The van der Waals surface area contributed by atoms with Crippen LogP contribution in [-0.4, -0.2) is 113 Å². The molecule has 2 fully saturated rings. The van der Waals surface area contributed by atoms with Crippen molar-refractivity contribution in [3.05, 3.63) is 174 Å². The molecule has 1 spiro atoms. The van der Waals surface area contributed by atoms with Gasteiger partial charge in [0, 0.05) is 33.2 Å². The highest BCUT2D eigenvalue weighted by Gasteiger charge is 2.58. The monoisotopic (exact) mass is 1110 g/mol. The predicted octanol–water partition coefficient (Wildman–Crippen LogP) is 5.50. The van der Waals surface area contributed by atoms with Crippen LogP contribution < -0.4 is 24.8 Å². The summed E-state index contributed by atoms with van der Waals surface area (Å²) >= 11 is 4.02. The van der Waals surface area contributed by atoms with Gasteiger partial charge in [-0.3, -0.25) is 33.2 Å². The Hall–Kier alpha value is -7.93. The van der Waals surface area contributed by atoms with Gasteiger partial charge in [-0.05, 0) is 64.4 Å². The summed E-state index contributed by atoms with van der Waals surface area (Å²) in [5, 5.41) is 27.5. The number of carboxylic acids is 2. The minimum Gasteiger partial charge on any atom is -0.486 e. The van der Waals surface area contributed by atoms with E-state index in [-0.39, 0.29) is 106 Å². The van der Waals surface area contributed by atoms with Crippen LogP contribution in [0.4, 0.5) is 8.78 Å². The third-order valence-corrected chi connectivity index (χ3v) is 17.8. The second-order valence-corrected chi connectivity index (χ2v) is 22.4. The average molecular weight is 1110 g/mol. The van der Waals surface area contributed by atoms with Crippen molar-refractivity contribution in [2.24, 2.45) is 0 Å². The number of thiophene rings is 2. The maximum Gasteiger partial charge on any atom is 0.352 e. The molecule has 11 rings (SSSR count). The molecule has 5 aromatic rings. The Morgan fingerprint density at radius 3 is 1.87 bits per heavy atom. The molecule has 24 heteroatoms. The van der Waals surface area contributed by atoms with Gasteiger partial charge >= 0.3 is 17.9 Å². The highest BCUT2D eigenvalue weighted by Crippen LogP contribution is 2.58. The number of benzene rings is 3. The predicted molar refractivity (Wildman–Crippen MR) is 270 cm³/mol. The number of carbonyl (C=O) groups is 7. The maximum atomic E-state index is 16.2. The van der Waals surface area contributed by atoms with Crippen LogP contribution >= 0.6 is 34.4 Å². The molecule has 76 heavy (non-hydrogen) atoms. The van der Waals surface area contributed by atoms with Crippen molar-refractivity contribution in [1.82, 2.24) is 20.4 Å². The number of nitrogens with zero attached hydrogens (tertiary/aromatic N) is 2. The molecule has 8 heterocycles. The molecule has 6 aliphatic rings. The number of carboxylic acid groups (broad SMARTS) is 2. The zero-order valence-corrected chi connectivity index (χ0v) is 42.3. The lowest BCUT2D eigenvalue weighted by Crippen LogP contribution is -2.73. The molecule has 0 aliphatic carbocycles. The van der Waals surface area contributed by atoms with Crippen molar-refractivity contribution < 1.29 is 75.7 Å². The Bertz CT molecular complexity index is 3490. The second kappa shape index (κ2) is 20.0. The summed E-state index contributed by atoms with van der Waals surface area (Å²) in [5.74, 6) is -8.51. The van der Waals surface area contributed by atoms with Crippen molar-refractivity contribution in [1.29, 1.82) is 0 Å². The first kappa shape index (κ1) is 50.2. The Kier molecular flexibility index (Phi) is 13.2. The first-order valence-corrected chi connectivity index (χ1v) is 27.3. The van der Waals surface area contributed by atoms with Crippen LogP contribution in [0.1, 0.15) is 36.8 Å². The van der Waals surface area contributed by atoms with Crippen molar-refractivity contribution in [3.8, 4) is 23.0 Å². The van der Waals surface area contributed by atoms with E-state index >= 15 is 8.78 Å². The van der Waals surface area contributed by atoms with Gasteiger partial charge in [0.1, 0.15) is 58.9 Å². The van der Waals surface area contributed by atoms with E-state index in [1.54, 1.807) is 41.8 Å². The number of aliphatic carboxylic acids is 2. The molecule has 0 radical (unpaired) electrons. The van der Waals surface area contributed by atoms with Crippen LogP contribution in [0.25, 0.3) is 0 Å². The number of rotatable bonds is 16. The SMILES string of the molecule is O=C(Cc1cccs1)NC1C(=O)N2C(C(=O)O)=C(/C=C/COc3cc4c(cc3F)C3(OC(=O)c5ccccc53)c3cc(F)c(OC/C=C/C5=C(C(=O)O)N6C(=O)C(NC(=O)Cc7cccs7)C6[S@](=O)C5)cc3O4)CSC12. The fourth-order valence-corrected chi connectivity index (χ4v) is 14.2. The molecular weight excluding hydrogens is 1070 g/mol. The number of esters is 1. The Balaban J connectivity index is 0.804. The molecule has 0 saturated carbocycles. The third-order valence-electron chi connectivity index (χ3n) is 13.1. The van der Waals surface area contributed by atoms with E-state index < -0.39 is 92.2 Å². The highest BCUT2D eigenvalue weighted by atomic mass is 32.2. The third kappa shape index (κ3) is 8.72. The minimum atomic E-state index is -1.92. The molecule has 388 valence electrons. The molecular formula is C52H38F2N4O14S4. The first-order valence-electron chi connectivity index (χ1n) is 23.1. The lowest BCUT2D eigenvalue weighted by molar-refractivity contribution is -0.150. The number of hydrogen-bond acceptors (Lipinski definition) is 15. The summed E-state index contributed by atoms with van der Waals surface area (Å²) in [6.45, 7) is -0.669. The van der Waals surface area contributed by atoms with Crippen molar-refractivity contribution in [2.75, 3.05) is 24.7 Å². The molecule has 4 amide bonds. The highest BCUT2D eigenvalue weighted by molar-refractivity contribution is 8.00. The molecule has 18 nitrogen and oxygen atoms in total. The van der Waals surface area contributed by atoms with Crippen molar-refractivity contribution in [2.45, 2.75) is 41.3 Å². The molecule has 4 N–H and O–H groups in total. The quantitative estimate of drug-likeness (QED) is 0.0704. The molecule has 2 aromatic heterocycles. The summed E-state index contributed by atoms with van der Waals surface area (Å²) in [6.07, 6.45) is 5.61. The van der Waals surface area contributed by atoms with Crippen LogP contribution in [0.3, 0.4) is 0 Å². The van der Waals surface area contributed by atoms with Gasteiger partial charge < -0.3 is 39.8 Å². The van der Waals surface area contributed by atoms with Crippen LogP contribution in [-0.2, 0) is 62.7 Å². The van der Waals surface area contributed by atoms with Gasteiger partial charge in [-0.2, -0.15) is 0 Å². The number of carbonyl (C=O) groups excluding carboxylic acids is 5. The fourth-order valence-electron chi connectivity index (χ4n) is 9.84. The van der Waals surface area contributed by atoms with Gasteiger partial charge in [0.2, 0.25) is 11.8 Å². The topological polar surface area (TPSA) is 244 Å². The standard InChI is InChI=1S/C52H38F2N4O14S4/c53-33-19-31-35(21-37(33)69-13-3-7-25-23-75-47-41(45(61)57(47)43(25)49(63)64)55-39(59)17-27-9-5-15-73-27)71-36-22-38(34(54)20-32(36)52(31)30-12-2-1-11-29(30)51(67)72-52)70-14-4-8-26-24-76(68)48-42(46(62)58(48)44(26)50(65)66)56-40(60)18-28-10-6-16-74-28/h1-12,15-16,19-22,41-42,47-48H,13-14,17-18,23-24H2,(H,55,59)(H,56,60)(H,63,64)(H,65,66)/b7-3+,8-4+/t41?,42?,47?,48?,52?,76-/m1/s1. The number of thioether (sulfide) groups is 1. The number of nitrogens with one attached hydrogen (secondary N) is 2. The number of halogens is 2. The van der Waals surface area contributed by atoms with E-state index in [1.165, 1.54) is 76.9 Å². The van der Waals surface area contributed by atoms with Crippen LogP contribution in [0.2, 0.25) is 0 Å². The van der Waals surface area contributed by atoms with Crippen molar-refractivity contribution in [3.63, 3.8) is 0 Å². The normalized spacial score (nSPS) is 23.0. The second-order valence-electron chi connectivity index (χ2n) is 17.7. The van der Waals surface area contributed by atoms with Crippen LogP contribution in [0.15, 0.2) is 130 Å². The van der Waals surface area contributed by atoms with Crippen LogP contribution in [0, 0.1) is 11.6 Å². The number of ether oxygens (including phenoxy) is 4. The van der Waals surface area contributed by atoms with Gasteiger partial charge in [0.25, 0.3) is 11.8 Å². The molecule has 6 aliphatic heterocycles. The molecule has 2 saturated heterocycles. The molecule has 0 bridgehead atoms. The molecule has 6 atom stereocenters. The largest absolute Gasteiger partial charge is 0.486 e. The maximum absolute atomic E-state index is 16.2. The number of β-lactam (4-membered cyclic amide) rings is 2. The van der Waals surface area contributed by atoms with E-state index in [0.717, 1.165) is 31.7 Å². The lowest BCUT2D eigenvalue weighted by atomic mass is 9.77. The minimum absolute atomic E-state index is 0.00217. The summed E-state index contributed by atoms with van der Waals surface area (Å²) in [7, 11) is -1.82. The van der Waals surface area contributed by atoms with Gasteiger partial charge in [-0.25, -0.2) is 23.2 Å². The molecule has 5 unspecified atom stereocenters. The Labute approximate surface area is 443 Å². The van der Waals surface area contributed by atoms with Crippen molar-refractivity contribution >= 4 is 86.8 Å². The van der Waals surface area contributed by atoms with Gasteiger partial charge in [0.15, 0.2) is 28.7 Å². The summed E-state index contributed by atoms with van der Waals surface area (Å²) in [5.41, 5.74) is -1.90. The Morgan fingerprint density at radius 2 is 1.29 bits per heavy atom. The van der Waals surface area contributed by atoms with Gasteiger partial charge in [-0.1, -0.05) is 42.5 Å². The van der Waals surface area contributed by atoms with E-state index in [2.05, 4.69) is 10.6 Å². The number of hydrogen-bond donors (Lipinski definition) is 4. The Morgan fingerprint density at radius 1 is 0.737 bits per heavy atom. The zero-order valence-electron chi connectivity index (χ0n) is 39.0. The van der Waals surface area contributed by atoms with E-state index in [4.69, 9.17) is 18.9 Å². The summed E-state index contributed by atoms with van der Waals surface area (Å²) < 4.78 is 69.8.